The Bertz CT molecular complexity index is 1140. The second-order valence-electron chi connectivity index (χ2n) is 9.09. The molecule has 3 aromatic carbocycles. The fraction of sp³-hybridized carbons (Fsp3) is 0.333. The maximum Gasteiger partial charge on any atom is 0.243 e. The van der Waals surface area contributed by atoms with Gasteiger partial charge in [-0.1, -0.05) is 56.2 Å². The van der Waals surface area contributed by atoms with Gasteiger partial charge in [-0.15, -0.1) is 0 Å². The van der Waals surface area contributed by atoms with E-state index in [0.29, 0.717) is 19.4 Å². The number of nitrogens with zero attached hydrogens (tertiary/aromatic N) is 1. The van der Waals surface area contributed by atoms with E-state index in [1.807, 2.05) is 60.5 Å². The van der Waals surface area contributed by atoms with Crippen molar-refractivity contribution < 1.29 is 19.5 Å². The fourth-order valence-electron chi connectivity index (χ4n) is 4.16. The summed E-state index contributed by atoms with van der Waals surface area (Å²) in [5, 5.41) is 8.70. The predicted molar refractivity (Wildman–Crippen MR) is 143 cm³/mol. The van der Waals surface area contributed by atoms with E-state index in [4.69, 9.17) is 9.94 Å². The van der Waals surface area contributed by atoms with Gasteiger partial charge in [-0.3, -0.25) is 14.8 Å². The molecule has 0 aliphatic heterocycles. The lowest BCUT2D eigenvalue weighted by Gasteiger charge is -2.19. The van der Waals surface area contributed by atoms with E-state index < -0.39 is 5.91 Å². The number of nitrogens with one attached hydrogen (secondary N) is 1. The van der Waals surface area contributed by atoms with Crippen LogP contribution in [0.1, 0.15) is 50.2 Å². The Labute approximate surface area is 213 Å². The Morgan fingerprint density at radius 2 is 1.44 bits per heavy atom. The lowest BCUT2D eigenvalue weighted by molar-refractivity contribution is -0.130. The summed E-state index contributed by atoms with van der Waals surface area (Å²) >= 11 is 0. The van der Waals surface area contributed by atoms with Crippen LogP contribution in [0.25, 0.3) is 22.3 Å². The zero-order valence-corrected chi connectivity index (χ0v) is 21.4. The normalized spacial score (nSPS) is 10.7. The van der Waals surface area contributed by atoms with Gasteiger partial charge in [0, 0.05) is 26.4 Å². The number of unbranched alkanes of at least 4 members (excludes halogenated alkanes) is 2. The number of ether oxygens (including phenoxy) is 1. The third-order valence-electron chi connectivity index (χ3n) is 6.31. The molecule has 0 unspecified atom stereocenters. The first-order valence-electron chi connectivity index (χ1n) is 12.5. The van der Waals surface area contributed by atoms with Crippen molar-refractivity contribution in [2.45, 2.75) is 52.0 Å². The van der Waals surface area contributed by atoms with Gasteiger partial charge in [0.25, 0.3) is 0 Å². The molecule has 2 N–H and O–H groups in total. The summed E-state index contributed by atoms with van der Waals surface area (Å²) in [5.74, 6) is 0.568. The van der Waals surface area contributed by atoms with Crippen LogP contribution < -0.4 is 10.2 Å². The smallest absolute Gasteiger partial charge is 0.243 e. The Hall–Kier alpha value is -3.64. The third-order valence-corrected chi connectivity index (χ3v) is 6.31. The van der Waals surface area contributed by atoms with Crippen molar-refractivity contribution in [3.8, 4) is 28.0 Å². The molecule has 3 aromatic rings. The molecule has 0 fully saturated rings. The molecule has 0 aliphatic carbocycles. The van der Waals surface area contributed by atoms with Gasteiger partial charge in [-0.05, 0) is 76.6 Å². The van der Waals surface area contributed by atoms with Gasteiger partial charge < -0.3 is 9.64 Å². The van der Waals surface area contributed by atoms with Crippen LogP contribution in [-0.2, 0) is 22.6 Å². The molecule has 3 rings (SSSR count). The molecular formula is C30H36N2O4. The monoisotopic (exact) mass is 488 g/mol. The van der Waals surface area contributed by atoms with Gasteiger partial charge >= 0.3 is 0 Å². The summed E-state index contributed by atoms with van der Waals surface area (Å²) in [5.41, 5.74) is 8.01. The van der Waals surface area contributed by atoms with E-state index in [9.17, 15) is 9.59 Å². The average molecular weight is 489 g/mol. The summed E-state index contributed by atoms with van der Waals surface area (Å²) in [6, 6.07) is 22.5. The summed E-state index contributed by atoms with van der Waals surface area (Å²) < 4.78 is 5.31. The average Bonchev–Trinajstić information content (AvgIpc) is 2.91. The maximum absolute atomic E-state index is 12.6. The van der Waals surface area contributed by atoms with Crippen molar-refractivity contribution in [2.75, 3.05) is 14.2 Å². The van der Waals surface area contributed by atoms with E-state index in [-0.39, 0.29) is 12.3 Å². The summed E-state index contributed by atoms with van der Waals surface area (Å²) in [7, 11) is 3.52. The van der Waals surface area contributed by atoms with E-state index in [1.54, 1.807) is 12.6 Å². The van der Waals surface area contributed by atoms with E-state index in [0.717, 1.165) is 58.4 Å². The zero-order chi connectivity index (χ0) is 25.9. The molecule has 0 heterocycles. The summed E-state index contributed by atoms with van der Waals surface area (Å²) in [4.78, 5) is 25.8. The molecule has 0 bridgehead atoms. The molecule has 0 saturated carbocycles. The standard InChI is InChI=1S/C30H36N2O4/c1-4-5-6-7-30(34)32(2)21-23-18-26(20-27(19-23)25-13-15-28(36-3)16-14-25)24-11-8-22(9-12-24)10-17-29(33)31-35/h8-9,11-16,18-20,35H,4-7,10,17,21H2,1-3H3,(H,31,33). The van der Waals surface area contributed by atoms with Crippen LogP contribution in [0.3, 0.4) is 0 Å². The van der Waals surface area contributed by atoms with Crippen LogP contribution in [-0.4, -0.2) is 36.1 Å². The van der Waals surface area contributed by atoms with E-state index in [2.05, 4.69) is 25.1 Å². The first-order valence-corrected chi connectivity index (χ1v) is 12.5. The highest BCUT2D eigenvalue weighted by Crippen LogP contribution is 2.30. The molecule has 0 atom stereocenters. The quantitative estimate of drug-likeness (QED) is 0.186. The van der Waals surface area contributed by atoms with Crippen LogP contribution in [0.2, 0.25) is 0 Å². The van der Waals surface area contributed by atoms with Gasteiger partial charge in [0.05, 0.1) is 7.11 Å². The number of hydrogen-bond donors (Lipinski definition) is 2. The van der Waals surface area contributed by atoms with Crippen molar-refractivity contribution in [3.05, 3.63) is 77.9 Å². The van der Waals surface area contributed by atoms with Crippen molar-refractivity contribution in [3.63, 3.8) is 0 Å². The molecule has 2 amide bonds. The first-order chi connectivity index (χ1) is 17.4. The third kappa shape index (κ3) is 7.68. The highest BCUT2D eigenvalue weighted by Gasteiger charge is 2.12. The molecular weight excluding hydrogens is 452 g/mol. The van der Waals surface area contributed by atoms with Crippen LogP contribution in [0.5, 0.6) is 5.75 Å². The van der Waals surface area contributed by atoms with Crippen molar-refractivity contribution in [1.82, 2.24) is 10.4 Å². The number of aryl methyl sites for hydroxylation is 1. The second kappa shape index (κ2) is 13.4. The van der Waals surface area contributed by atoms with Crippen LogP contribution in [0.15, 0.2) is 66.7 Å². The maximum atomic E-state index is 12.6. The number of rotatable bonds is 12. The minimum Gasteiger partial charge on any atom is -0.497 e. The Balaban J connectivity index is 1.88. The van der Waals surface area contributed by atoms with Gasteiger partial charge in [-0.25, -0.2) is 5.48 Å². The van der Waals surface area contributed by atoms with Gasteiger partial charge in [0.2, 0.25) is 11.8 Å². The van der Waals surface area contributed by atoms with Gasteiger partial charge in [-0.2, -0.15) is 0 Å². The molecule has 0 aromatic heterocycles. The lowest BCUT2D eigenvalue weighted by atomic mass is 9.95. The minimum absolute atomic E-state index is 0.163. The molecule has 0 aliphatic rings. The topological polar surface area (TPSA) is 78.9 Å². The minimum atomic E-state index is -0.399. The lowest BCUT2D eigenvalue weighted by Crippen LogP contribution is -2.25. The largest absolute Gasteiger partial charge is 0.497 e. The van der Waals surface area contributed by atoms with E-state index >= 15 is 0 Å². The SMILES string of the molecule is CCCCCC(=O)N(C)Cc1cc(-c2ccc(CCC(=O)NO)cc2)cc(-c2ccc(OC)cc2)c1. The molecule has 6 nitrogen and oxygen atoms in total. The number of carbonyl (C=O) groups excluding carboxylic acids is 2. The summed E-state index contributed by atoms with van der Waals surface area (Å²) in [6.45, 7) is 2.68. The zero-order valence-electron chi connectivity index (χ0n) is 21.4. The Morgan fingerprint density at radius 3 is 2.00 bits per heavy atom. The van der Waals surface area contributed by atoms with Crippen molar-refractivity contribution in [1.29, 1.82) is 0 Å². The highest BCUT2D eigenvalue weighted by atomic mass is 16.5. The number of methoxy groups -OCH3 is 1. The Kier molecular flexibility index (Phi) is 10.1. The number of hydrogen-bond acceptors (Lipinski definition) is 4. The van der Waals surface area contributed by atoms with Crippen LogP contribution >= 0.6 is 0 Å². The predicted octanol–water partition coefficient (Wildman–Crippen LogP) is 6.01. The molecule has 0 saturated heterocycles. The Morgan fingerprint density at radius 1 is 0.833 bits per heavy atom. The highest BCUT2D eigenvalue weighted by molar-refractivity contribution is 5.77. The van der Waals surface area contributed by atoms with Gasteiger partial charge in [0.15, 0.2) is 0 Å². The molecule has 0 spiro atoms. The number of benzene rings is 3. The summed E-state index contributed by atoms with van der Waals surface area (Å²) in [6.07, 6.45) is 4.43. The van der Waals surface area contributed by atoms with Crippen LogP contribution in [0.4, 0.5) is 0 Å². The van der Waals surface area contributed by atoms with Crippen molar-refractivity contribution >= 4 is 11.8 Å². The number of amides is 2. The molecule has 190 valence electrons. The molecule has 36 heavy (non-hydrogen) atoms. The molecule has 0 radical (unpaired) electrons. The second-order valence-corrected chi connectivity index (χ2v) is 9.09. The number of hydroxylamine groups is 1. The van der Waals surface area contributed by atoms with Crippen LogP contribution in [0, 0.1) is 0 Å². The molecule has 6 heteroatoms. The fourth-order valence-corrected chi connectivity index (χ4v) is 4.16. The van der Waals surface area contributed by atoms with E-state index in [1.165, 1.54) is 0 Å². The van der Waals surface area contributed by atoms with Crippen molar-refractivity contribution in [2.24, 2.45) is 0 Å². The number of carbonyl (C=O) groups is 2. The first kappa shape index (κ1) is 27.0. The van der Waals surface area contributed by atoms with Gasteiger partial charge in [0.1, 0.15) is 5.75 Å².